The number of imidazole rings is 1. The zero-order valence-corrected chi connectivity index (χ0v) is 20.5. The summed E-state index contributed by atoms with van der Waals surface area (Å²) in [5, 5.41) is 0.738. The summed E-state index contributed by atoms with van der Waals surface area (Å²) in [6.07, 6.45) is 0.614. The van der Waals surface area contributed by atoms with Crippen LogP contribution in [0.25, 0.3) is 11.0 Å². The molecule has 1 amide bonds. The first kappa shape index (κ1) is 23.4. The van der Waals surface area contributed by atoms with E-state index in [0.717, 1.165) is 16.6 Å². The Labute approximate surface area is 213 Å². The standard InChI is InChI=1S/C27H23Cl2N3O3/c1-2-35-26(34)23-24(18-12-13-19(28)20(29)16-18)32-22-11-7-6-10-21(22)30-27(32)31(25(23)33)15-14-17-8-4-3-5-9-17/h3-13,16,23-24H,2,14-15H2,1H3/t23-,24+/m1/s1. The van der Waals surface area contributed by atoms with Crippen LogP contribution < -0.4 is 4.90 Å². The van der Waals surface area contributed by atoms with Crippen LogP contribution in [0.15, 0.2) is 72.8 Å². The fourth-order valence-electron chi connectivity index (χ4n) is 4.64. The van der Waals surface area contributed by atoms with Gasteiger partial charge in [-0.2, -0.15) is 0 Å². The first-order valence-corrected chi connectivity index (χ1v) is 12.2. The van der Waals surface area contributed by atoms with E-state index in [0.29, 0.717) is 34.5 Å². The van der Waals surface area contributed by atoms with Crippen molar-refractivity contribution in [2.24, 2.45) is 5.92 Å². The third kappa shape index (κ3) is 4.28. The van der Waals surface area contributed by atoms with E-state index in [1.54, 1.807) is 30.0 Å². The molecule has 5 rings (SSSR count). The predicted octanol–water partition coefficient (Wildman–Crippen LogP) is 5.70. The second kappa shape index (κ2) is 9.72. The van der Waals surface area contributed by atoms with E-state index in [1.807, 2.05) is 59.2 Å². The summed E-state index contributed by atoms with van der Waals surface area (Å²) in [5.41, 5.74) is 3.31. The van der Waals surface area contributed by atoms with Crippen molar-refractivity contribution in [2.45, 2.75) is 19.4 Å². The molecule has 6 nitrogen and oxygen atoms in total. The Hall–Kier alpha value is -3.35. The Morgan fingerprint density at radius 1 is 1.00 bits per heavy atom. The maximum atomic E-state index is 14.0. The second-order valence-electron chi connectivity index (χ2n) is 8.34. The lowest BCUT2D eigenvalue weighted by atomic mass is 9.89. The van der Waals surface area contributed by atoms with Gasteiger partial charge >= 0.3 is 5.97 Å². The summed E-state index contributed by atoms with van der Waals surface area (Å²) in [5.74, 6) is -1.54. The van der Waals surface area contributed by atoms with Gasteiger partial charge in [0.25, 0.3) is 0 Å². The molecule has 1 aliphatic heterocycles. The van der Waals surface area contributed by atoms with Crippen molar-refractivity contribution in [1.82, 2.24) is 9.55 Å². The van der Waals surface area contributed by atoms with Crippen molar-refractivity contribution in [2.75, 3.05) is 18.1 Å². The van der Waals surface area contributed by atoms with Gasteiger partial charge in [-0.15, -0.1) is 0 Å². The number of benzene rings is 3. The molecule has 1 aromatic heterocycles. The van der Waals surface area contributed by atoms with Gasteiger partial charge in [0.15, 0.2) is 5.92 Å². The second-order valence-corrected chi connectivity index (χ2v) is 9.16. The smallest absolute Gasteiger partial charge is 0.321 e. The highest BCUT2D eigenvalue weighted by Gasteiger charge is 2.47. The lowest BCUT2D eigenvalue weighted by Crippen LogP contribution is -2.50. The topological polar surface area (TPSA) is 64.4 Å². The number of ether oxygens (including phenoxy) is 1. The van der Waals surface area contributed by atoms with E-state index < -0.39 is 17.9 Å². The Bertz CT molecular complexity index is 1400. The van der Waals surface area contributed by atoms with Gasteiger partial charge in [-0.1, -0.05) is 71.7 Å². The van der Waals surface area contributed by atoms with Gasteiger partial charge in [0.1, 0.15) is 0 Å². The number of nitrogens with zero attached hydrogens (tertiary/aromatic N) is 3. The summed E-state index contributed by atoms with van der Waals surface area (Å²) in [4.78, 5) is 33.6. The number of carbonyl (C=O) groups excluding carboxylic acids is 2. The molecule has 0 bridgehead atoms. The molecule has 0 unspecified atom stereocenters. The number of amides is 1. The van der Waals surface area contributed by atoms with Crippen LogP contribution in [-0.4, -0.2) is 34.6 Å². The van der Waals surface area contributed by atoms with Crippen LogP contribution in [0.5, 0.6) is 0 Å². The summed E-state index contributed by atoms with van der Waals surface area (Å²) in [7, 11) is 0. The van der Waals surface area contributed by atoms with Crippen LogP contribution in [0.4, 0.5) is 5.95 Å². The molecular weight excluding hydrogens is 485 g/mol. The monoisotopic (exact) mass is 507 g/mol. The number of para-hydroxylation sites is 2. The van der Waals surface area contributed by atoms with Crippen molar-refractivity contribution in [3.8, 4) is 0 Å². The van der Waals surface area contributed by atoms with Gasteiger partial charge in [0, 0.05) is 6.54 Å². The normalized spacial score (nSPS) is 17.5. The van der Waals surface area contributed by atoms with Crippen molar-refractivity contribution in [1.29, 1.82) is 0 Å². The first-order valence-electron chi connectivity index (χ1n) is 11.4. The van der Waals surface area contributed by atoms with E-state index in [2.05, 4.69) is 0 Å². The minimum Gasteiger partial charge on any atom is -0.465 e. The summed E-state index contributed by atoms with van der Waals surface area (Å²) in [6, 6.07) is 22.0. The van der Waals surface area contributed by atoms with Crippen LogP contribution >= 0.6 is 23.2 Å². The summed E-state index contributed by atoms with van der Waals surface area (Å²) in [6.45, 7) is 2.26. The summed E-state index contributed by atoms with van der Waals surface area (Å²) < 4.78 is 7.34. The molecule has 8 heteroatoms. The van der Waals surface area contributed by atoms with Crippen LogP contribution in [0.1, 0.15) is 24.1 Å². The van der Waals surface area contributed by atoms with E-state index in [1.165, 1.54) is 0 Å². The van der Waals surface area contributed by atoms with Gasteiger partial charge in [0.2, 0.25) is 11.9 Å². The molecule has 0 fully saturated rings. The number of anilines is 1. The van der Waals surface area contributed by atoms with Gasteiger partial charge in [-0.3, -0.25) is 14.5 Å². The van der Waals surface area contributed by atoms with Crippen molar-refractivity contribution >= 4 is 52.1 Å². The molecule has 4 aromatic rings. The van der Waals surface area contributed by atoms with Gasteiger partial charge in [0.05, 0.1) is 33.7 Å². The molecule has 2 atom stereocenters. The number of esters is 1. The average Bonchev–Trinajstić information content (AvgIpc) is 3.24. The Morgan fingerprint density at radius 2 is 1.74 bits per heavy atom. The van der Waals surface area contributed by atoms with Crippen LogP contribution in [0, 0.1) is 5.92 Å². The number of carbonyl (C=O) groups is 2. The van der Waals surface area contributed by atoms with Gasteiger partial charge in [-0.25, -0.2) is 4.98 Å². The Kier molecular flexibility index (Phi) is 6.50. The molecule has 3 aromatic carbocycles. The van der Waals surface area contributed by atoms with Crippen LogP contribution in [-0.2, 0) is 20.7 Å². The number of hydrogen-bond donors (Lipinski definition) is 0. The van der Waals surface area contributed by atoms with Crippen LogP contribution in [0.3, 0.4) is 0 Å². The highest BCUT2D eigenvalue weighted by molar-refractivity contribution is 6.42. The molecule has 0 saturated heterocycles. The minimum absolute atomic E-state index is 0.165. The highest BCUT2D eigenvalue weighted by atomic mass is 35.5. The van der Waals surface area contributed by atoms with Crippen molar-refractivity contribution in [3.63, 3.8) is 0 Å². The minimum atomic E-state index is -1.10. The number of fused-ring (bicyclic) bond motifs is 3. The molecule has 35 heavy (non-hydrogen) atoms. The zero-order valence-electron chi connectivity index (χ0n) is 19.0. The van der Waals surface area contributed by atoms with E-state index >= 15 is 0 Å². The molecular formula is C27H23Cl2N3O3. The third-order valence-electron chi connectivity index (χ3n) is 6.24. The lowest BCUT2D eigenvalue weighted by Gasteiger charge is -2.38. The molecule has 1 aliphatic rings. The third-order valence-corrected chi connectivity index (χ3v) is 6.98. The molecule has 0 N–H and O–H groups in total. The van der Waals surface area contributed by atoms with Crippen LogP contribution in [0.2, 0.25) is 10.0 Å². The van der Waals surface area contributed by atoms with E-state index in [4.69, 9.17) is 32.9 Å². The number of aromatic nitrogens is 2. The highest BCUT2D eigenvalue weighted by Crippen LogP contribution is 2.42. The molecule has 2 heterocycles. The largest absolute Gasteiger partial charge is 0.465 e. The molecule has 0 spiro atoms. The fourth-order valence-corrected chi connectivity index (χ4v) is 4.95. The average molecular weight is 508 g/mol. The van der Waals surface area contributed by atoms with Crippen molar-refractivity contribution in [3.05, 3.63) is 94.0 Å². The maximum Gasteiger partial charge on any atom is 0.321 e. The molecule has 0 saturated carbocycles. The maximum absolute atomic E-state index is 14.0. The van der Waals surface area contributed by atoms with Gasteiger partial charge in [-0.05, 0) is 48.7 Å². The van der Waals surface area contributed by atoms with Gasteiger partial charge < -0.3 is 9.30 Å². The first-order chi connectivity index (χ1) is 17.0. The summed E-state index contributed by atoms with van der Waals surface area (Å²) >= 11 is 12.5. The SMILES string of the molecule is CCOC(=O)[C@H]1C(=O)N(CCc2ccccc2)c2nc3ccccc3n2[C@H]1c1ccc(Cl)c(Cl)c1. The van der Waals surface area contributed by atoms with E-state index in [-0.39, 0.29) is 12.5 Å². The quantitative estimate of drug-likeness (QED) is 0.248. The predicted molar refractivity (Wildman–Crippen MR) is 137 cm³/mol. The zero-order chi connectivity index (χ0) is 24.5. The lowest BCUT2D eigenvalue weighted by molar-refractivity contribution is -0.153. The number of halogens is 2. The number of rotatable bonds is 6. The molecule has 178 valence electrons. The van der Waals surface area contributed by atoms with E-state index in [9.17, 15) is 9.59 Å². The fraction of sp³-hybridized carbons (Fsp3) is 0.222. The Balaban J connectivity index is 1.69. The Morgan fingerprint density at radius 3 is 2.49 bits per heavy atom. The van der Waals surface area contributed by atoms with Crippen molar-refractivity contribution < 1.29 is 14.3 Å². The molecule has 0 aliphatic carbocycles. The number of hydrogen-bond acceptors (Lipinski definition) is 4. The molecule has 0 radical (unpaired) electrons.